The van der Waals surface area contributed by atoms with Gasteiger partial charge < -0.3 is 10.2 Å². The number of hydrogen-bond donors (Lipinski definition) is 1. The van der Waals surface area contributed by atoms with Gasteiger partial charge in [-0.05, 0) is 40.5 Å². The molecule has 2 aromatic carbocycles. The lowest BCUT2D eigenvalue weighted by Gasteiger charge is -2.23. The lowest BCUT2D eigenvalue weighted by molar-refractivity contribution is -0.114. The minimum Gasteiger partial charge on any atom is -0.369 e. The van der Waals surface area contributed by atoms with Crippen LogP contribution in [-0.2, 0) is 11.2 Å². The van der Waals surface area contributed by atoms with E-state index in [1.807, 2.05) is 6.07 Å². The monoisotopic (exact) mass is 430 g/mol. The molecule has 0 aromatic heterocycles. The van der Waals surface area contributed by atoms with Crippen molar-refractivity contribution >= 4 is 63.7 Å². The van der Waals surface area contributed by atoms with Gasteiger partial charge >= 0.3 is 0 Å². The first-order chi connectivity index (χ1) is 12.5. The molecule has 0 unspecified atom stereocenters. The third-order valence-corrected chi connectivity index (χ3v) is 5.49. The van der Waals surface area contributed by atoms with Crippen molar-refractivity contribution in [3.05, 3.63) is 45.4 Å². The van der Waals surface area contributed by atoms with Crippen LogP contribution in [0.4, 0.5) is 11.4 Å². The normalized spacial score (nSPS) is 11.9. The first kappa shape index (κ1) is 19.6. The predicted molar refractivity (Wildman–Crippen MR) is 113 cm³/mol. The Balaban J connectivity index is 2.00. The van der Waals surface area contributed by atoms with Crippen LogP contribution in [0.1, 0.15) is 18.1 Å². The molecule has 3 nitrogen and oxygen atoms in total. The zero-order chi connectivity index (χ0) is 18.8. The zero-order valence-corrected chi connectivity index (χ0v) is 17.2. The lowest BCUT2D eigenvalue weighted by Crippen LogP contribution is -2.27. The van der Waals surface area contributed by atoms with Crippen LogP contribution in [0.25, 0.3) is 11.1 Å². The number of rotatable bonds is 6. The fourth-order valence-corrected chi connectivity index (χ4v) is 4.34. The minimum atomic E-state index is -0.204. The summed E-state index contributed by atoms with van der Waals surface area (Å²) in [6.45, 7) is 2.90. The molecule has 0 aliphatic heterocycles. The van der Waals surface area contributed by atoms with Gasteiger partial charge in [-0.3, -0.25) is 4.79 Å². The van der Waals surface area contributed by atoms with Crippen LogP contribution in [0.15, 0.2) is 24.3 Å². The van der Waals surface area contributed by atoms with E-state index in [1.54, 1.807) is 0 Å². The van der Waals surface area contributed by atoms with Gasteiger partial charge in [0.05, 0.1) is 15.7 Å². The maximum Gasteiger partial charge on any atom is 0.221 e. The Labute approximate surface area is 173 Å². The SMILES string of the molecule is CC(=O)Nc1c(Cl)cc2c(c1Cl)Cc1cc(N(CCCl)CCCl)ccc1-2. The number of alkyl halides is 2. The number of hydrogen-bond acceptors (Lipinski definition) is 2. The van der Waals surface area contributed by atoms with Crippen molar-refractivity contribution in [3.63, 3.8) is 0 Å². The molecule has 0 bridgehead atoms. The van der Waals surface area contributed by atoms with E-state index >= 15 is 0 Å². The van der Waals surface area contributed by atoms with Crippen molar-refractivity contribution in [1.82, 2.24) is 0 Å². The summed E-state index contributed by atoms with van der Waals surface area (Å²) >= 11 is 24.7. The smallest absolute Gasteiger partial charge is 0.221 e. The summed E-state index contributed by atoms with van der Waals surface area (Å²) in [6, 6.07) is 8.17. The summed E-state index contributed by atoms with van der Waals surface area (Å²) in [6.07, 6.45) is 0.691. The Morgan fingerprint density at radius 1 is 1.12 bits per heavy atom. The van der Waals surface area contributed by atoms with Crippen molar-refractivity contribution in [2.45, 2.75) is 13.3 Å². The van der Waals surface area contributed by atoms with E-state index in [2.05, 4.69) is 28.4 Å². The van der Waals surface area contributed by atoms with E-state index < -0.39 is 0 Å². The summed E-state index contributed by atoms with van der Waals surface area (Å²) < 4.78 is 0. The molecule has 0 atom stereocenters. The second-order valence-corrected chi connectivity index (χ2v) is 7.68. The van der Waals surface area contributed by atoms with Gasteiger partial charge in [-0.25, -0.2) is 0 Å². The topological polar surface area (TPSA) is 32.3 Å². The summed E-state index contributed by atoms with van der Waals surface area (Å²) in [7, 11) is 0. The highest BCUT2D eigenvalue weighted by Gasteiger charge is 2.25. The van der Waals surface area contributed by atoms with Crippen LogP contribution in [0.2, 0.25) is 10.0 Å². The Morgan fingerprint density at radius 3 is 2.42 bits per heavy atom. The van der Waals surface area contributed by atoms with Crippen molar-refractivity contribution < 1.29 is 4.79 Å². The molecular weight excluding hydrogens is 414 g/mol. The zero-order valence-electron chi connectivity index (χ0n) is 14.2. The van der Waals surface area contributed by atoms with Crippen LogP contribution >= 0.6 is 46.4 Å². The molecule has 1 amide bonds. The Bertz CT molecular complexity index is 848. The molecule has 0 heterocycles. The second kappa shape index (κ2) is 8.26. The number of nitrogens with zero attached hydrogens (tertiary/aromatic N) is 1. The molecule has 3 rings (SSSR count). The van der Waals surface area contributed by atoms with Crippen LogP contribution in [0.3, 0.4) is 0 Å². The average molecular weight is 432 g/mol. The molecule has 1 aliphatic rings. The van der Waals surface area contributed by atoms with Crippen molar-refractivity contribution in [3.8, 4) is 11.1 Å². The summed E-state index contributed by atoms with van der Waals surface area (Å²) in [5, 5.41) is 3.66. The Morgan fingerprint density at radius 2 is 1.81 bits per heavy atom. The largest absolute Gasteiger partial charge is 0.369 e. The Hall–Kier alpha value is -1.13. The third-order valence-electron chi connectivity index (χ3n) is 4.44. The summed E-state index contributed by atoms with van der Waals surface area (Å²) in [5.74, 6) is 0.871. The molecule has 0 radical (unpaired) electrons. The van der Waals surface area contributed by atoms with Crippen LogP contribution in [-0.4, -0.2) is 30.8 Å². The average Bonchev–Trinajstić information content (AvgIpc) is 2.96. The van der Waals surface area contributed by atoms with Crippen molar-refractivity contribution in [2.75, 3.05) is 35.1 Å². The lowest BCUT2D eigenvalue weighted by atomic mass is 10.0. The highest BCUT2D eigenvalue weighted by Crippen LogP contribution is 2.47. The first-order valence-electron chi connectivity index (χ1n) is 8.25. The molecule has 138 valence electrons. The first-order valence-corrected chi connectivity index (χ1v) is 10.1. The molecule has 0 spiro atoms. The summed E-state index contributed by atoms with van der Waals surface area (Å²) in [5.41, 5.74) is 5.83. The van der Waals surface area contributed by atoms with Gasteiger partial charge in [0.15, 0.2) is 0 Å². The van der Waals surface area contributed by atoms with Gasteiger partial charge in [0.25, 0.3) is 0 Å². The minimum absolute atomic E-state index is 0.204. The molecule has 2 aromatic rings. The van der Waals surface area contributed by atoms with Crippen molar-refractivity contribution in [2.24, 2.45) is 0 Å². The van der Waals surface area contributed by atoms with Crippen LogP contribution in [0, 0.1) is 0 Å². The molecule has 0 saturated carbocycles. The molecule has 7 heteroatoms. The van der Waals surface area contributed by atoms with E-state index in [4.69, 9.17) is 46.4 Å². The van der Waals surface area contributed by atoms with Crippen LogP contribution in [0.5, 0.6) is 0 Å². The Kier molecular flexibility index (Phi) is 6.24. The molecular formula is C19H18Cl4N2O. The molecule has 1 aliphatic carbocycles. The number of carbonyl (C=O) groups excluding carboxylic acids is 1. The molecule has 0 fully saturated rings. The van der Waals surface area contributed by atoms with Gasteiger partial charge in [0.1, 0.15) is 0 Å². The van der Waals surface area contributed by atoms with Gasteiger partial charge in [0, 0.05) is 43.9 Å². The fourth-order valence-electron chi connectivity index (χ4n) is 3.31. The highest BCUT2D eigenvalue weighted by atomic mass is 35.5. The van der Waals surface area contributed by atoms with E-state index in [0.29, 0.717) is 33.9 Å². The van der Waals surface area contributed by atoms with Gasteiger partial charge in [-0.1, -0.05) is 29.3 Å². The van der Waals surface area contributed by atoms with E-state index in [0.717, 1.165) is 35.5 Å². The standard InChI is InChI=1S/C19H18Cl4N2O/c1-11(26)24-19-17(22)10-15-14-3-2-13(25(6-4-20)7-5-21)8-12(14)9-16(15)18(19)23/h2-3,8,10H,4-7,9H2,1H3,(H,24,26). The number of fused-ring (bicyclic) bond motifs is 3. The molecule has 0 saturated heterocycles. The second-order valence-electron chi connectivity index (χ2n) is 6.14. The quantitative estimate of drug-likeness (QED) is 0.499. The number of halogens is 4. The number of benzene rings is 2. The van der Waals surface area contributed by atoms with Gasteiger partial charge in [0.2, 0.25) is 5.91 Å². The highest BCUT2D eigenvalue weighted by molar-refractivity contribution is 6.41. The van der Waals surface area contributed by atoms with E-state index in [9.17, 15) is 4.79 Å². The maximum atomic E-state index is 11.4. The third kappa shape index (κ3) is 3.77. The van der Waals surface area contributed by atoms with Crippen LogP contribution < -0.4 is 10.2 Å². The van der Waals surface area contributed by atoms with Gasteiger partial charge in [-0.15, -0.1) is 23.2 Å². The fraction of sp³-hybridized carbons (Fsp3) is 0.316. The predicted octanol–water partition coefficient (Wildman–Crippen LogP) is 5.81. The van der Waals surface area contributed by atoms with Gasteiger partial charge in [-0.2, -0.15) is 0 Å². The maximum absolute atomic E-state index is 11.4. The number of amides is 1. The number of anilines is 2. The number of carbonyl (C=O) groups is 1. The molecule has 26 heavy (non-hydrogen) atoms. The summed E-state index contributed by atoms with van der Waals surface area (Å²) in [4.78, 5) is 13.6. The van der Waals surface area contributed by atoms with E-state index in [1.165, 1.54) is 12.5 Å². The number of nitrogens with one attached hydrogen (secondary N) is 1. The van der Waals surface area contributed by atoms with E-state index in [-0.39, 0.29) is 5.91 Å². The molecule has 1 N–H and O–H groups in total. The van der Waals surface area contributed by atoms with Crippen molar-refractivity contribution in [1.29, 1.82) is 0 Å².